The van der Waals surface area contributed by atoms with Gasteiger partial charge < -0.3 is 20.5 Å². The lowest BCUT2D eigenvalue weighted by atomic mass is 9.95. The first-order valence-corrected chi connectivity index (χ1v) is 11.4. The van der Waals surface area contributed by atoms with Crippen LogP contribution in [0.25, 0.3) is 11.1 Å². The average Bonchev–Trinajstić information content (AvgIpc) is 3.38. The summed E-state index contributed by atoms with van der Waals surface area (Å²) in [7, 11) is 0. The van der Waals surface area contributed by atoms with E-state index in [0.717, 1.165) is 35.1 Å². The van der Waals surface area contributed by atoms with Crippen molar-refractivity contribution in [3.05, 3.63) is 59.7 Å². The number of carboxylic acid groups (broad SMARTS) is 1. The van der Waals surface area contributed by atoms with Crippen LogP contribution in [0.1, 0.15) is 50.2 Å². The normalized spacial score (nSPS) is 19.5. The number of aliphatic carboxylic acids is 1. The van der Waals surface area contributed by atoms with Crippen molar-refractivity contribution in [2.45, 2.75) is 44.6 Å². The smallest absolute Gasteiger partial charge is 0.408 e. The van der Waals surface area contributed by atoms with Crippen LogP contribution in [0.2, 0.25) is 0 Å². The molecule has 33 heavy (non-hydrogen) atoms. The molecule has 0 saturated heterocycles. The zero-order chi connectivity index (χ0) is 23.6. The number of fused-ring (bicyclic) bond motifs is 3. The third-order valence-corrected chi connectivity index (χ3v) is 6.83. The lowest BCUT2D eigenvalue weighted by Gasteiger charge is -2.26. The van der Waals surface area contributed by atoms with E-state index in [0.29, 0.717) is 6.42 Å². The summed E-state index contributed by atoms with van der Waals surface area (Å²) < 4.78 is 5.54. The van der Waals surface area contributed by atoms with Crippen molar-refractivity contribution in [2.24, 2.45) is 11.8 Å². The zero-order valence-electron chi connectivity index (χ0n) is 19.0. The molecule has 2 amide bonds. The van der Waals surface area contributed by atoms with Crippen molar-refractivity contribution in [3.8, 4) is 11.1 Å². The van der Waals surface area contributed by atoms with Crippen molar-refractivity contribution < 1.29 is 24.2 Å². The Bertz CT molecular complexity index is 1020. The van der Waals surface area contributed by atoms with E-state index in [2.05, 4.69) is 22.8 Å². The Morgan fingerprint density at radius 3 is 2.21 bits per heavy atom. The van der Waals surface area contributed by atoms with Crippen LogP contribution in [0.4, 0.5) is 4.79 Å². The molecule has 1 saturated carbocycles. The van der Waals surface area contributed by atoms with Crippen molar-refractivity contribution in [1.29, 1.82) is 0 Å². The minimum Gasteiger partial charge on any atom is -0.481 e. The summed E-state index contributed by atoms with van der Waals surface area (Å²) in [5, 5.41) is 14.8. The van der Waals surface area contributed by atoms with Crippen LogP contribution in [0.15, 0.2) is 48.5 Å². The van der Waals surface area contributed by atoms with Gasteiger partial charge in [0.05, 0.1) is 5.92 Å². The van der Waals surface area contributed by atoms with Gasteiger partial charge in [0.25, 0.3) is 0 Å². The molecule has 4 rings (SSSR count). The number of nitrogens with one attached hydrogen (secondary N) is 2. The predicted molar refractivity (Wildman–Crippen MR) is 124 cm³/mol. The molecule has 0 bridgehead atoms. The van der Waals surface area contributed by atoms with E-state index >= 15 is 0 Å². The number of carbonyl (C=O) groups excluding carboxylic acids is 2. The second kappa shape index (κ2) is 9.25. The lowest BCUT2D eigenvalue weighted by Crippen LogP contribution is -2.55. The molecule has 0 aliphatic heterocycles. The van der Waals surface area contributed by atoms with Crippen LogP contribution in [0.5, 0.6) is 0 Å². The first kappa shape index (κ1) is 22.8. The van der Waals surface area contributed by atoms with Gasteiger partial charge in [-0.3, -0.25) is 9.59 Å². The molecular weight excluding hydrogens is 420 g/mol. The van der Waals surface area contributed by atoms with Gasteiger partial charge in [0.1, 0.15) is 12.1 Å². The van der Waals surface area contributed by atoms with Gasteiger partial charge in [0, 0.05) is 12.5 Å². The van der Waals surface area contributed by atoms with Gasteiger partial charge in [-0.1, -0.05) is 55.0 Å². The molecule has 0 radical (unpaired) electrons. The number of ether oxygens (including phenoxy) is 1. The second-order valence-corrected chi connectivity index (χ2v) is 9.42. The number of amides is 2. The molecule has 0 heterocycles. The van der Waals surface area contributed by atoms with Crippen molar-refractivity contribution in [2.75, 3.05) is 13.2 Å². The molecular formula is C26H30N2O5. The topological polar surface area (TPSA) is 105 Å². The van der Waals surface area contributed by atoms with E-state index in [1.165, 1.54) is 0 Å². The Hall–Kier alpha value is -3.35. The molecule has 7 nitrogen and oxygen atoms in total. The molecule has 2 atom stereocenters. The molecule has 2 aliphatic rings. The highest BCUT2D eigenvalue weighted by atomic mass is 16.5. The Morgan fingerprint density at radius 2 is 1.61 bits per heavy atom. The summed E-state index contributed by atoms with van der Waals surface area (Å²) in [6.45, 7) is 3.66. The Balaban J connectivity index is 1.33. The van der Waals surface area contributed by atoms with E-state index in [1.807, 2.05) is 36.4 Å². The van der Waals surface area contributed by atoms with E-state index in [-0.39, 0.29) is 30.9 Å². The Morgan fingerprint density at radius 1 is 1.00 bits per heavy atom. The fraction of sp³-hybridized carbons (Fsp3) is 0.423. The van der Waals surface area contributed by atoms with Gasteiger partial charge in [-0.15, -0.1) is 0 Å². The van der Waals surface area contributed by atoms with E-state index in [4.69, 9.17) is 4.74 Å². The van der Waals surface area contributed by atoms with Gasteiger partial charge in [-0.25, -0.2) is 4.79 Å². The van der Waals surface area contributed by atoms with E-state index in [9.17, 15) is 19.5 Å². The molecule has 0 aromatic heterocycles. The second-order valence-electron chi connectivity index (χ2n) is 9.42. The number of hydrogen-bond acceptors (Lipinski definition) is 4. The van der Waals surface area contributed by atoms with Crippen LogP contribution >= 0.6 is 0 Å². The highest BCUT2D eigenvalue weighted by Gasteiger charge is 2.36. The summed E-state index contributed by atoms with van der Waals surface area (Å²) in [6.07, 6.45) is 1.59. The highest BCUT2D eigenvalue weighted by molar-refractivity contribution is 5.89. The number of alkyl carbamates (subject to hydrolysis) is 1. The molecule has 2 aromatic carbocycles. The van der Waals surface area contributed by atoms with Gasteiger partial charge in [0.15, 0.2) is 0 Å². The Labute approximate surface area is 193 Å². The van der Waals surface area contributed by atoms with Gasteiger partial charge in [-0.2, -0.15) is 0 Å². The zero-order valence-corrected chi connectivity index (χ0v) is 19.0. The molecule has 174 valence electrons. The third kappa shape index (κ3) is 4.72. The van der Waals surface area contributed by atoms with Gasteiger partial charge in [0.2, 0.25) is 5.91 Å². The van der Waals surface area contributed by atoms with Crippen LogP contribution in [-0.4, -0.2) is 41.8 Å². The number of carbonyl (C=O) groups is 3. The van der Waals surface area contributed by atoms with Crippen molar-refractivity contribution >= 4 is 18.0 Å². The van der Waals surface area contributed by atoms with Crippen molar-refractivity contribution in [3.63, 3.8) is 0 Å². The van der Waals surface area contributed by atoms with Crippen LogP contribution in [0.3, 0.4) is 0 Å². The van der Waals surface area contributed by atoms with Gasteiger partial charge in [-0.05, 0) is 54.9 Å². The first-order valence-electron chi connectivity index (χ1n) is 11.4. The monoisotopic (exact) mass is 450 g/mol. The number of rotatable bonds is 7. The molecule has 0 spiro atoms. The predicted octanol–water partition coefficient (Wildman–Crippen LogP) is 3.92. The number of hydrogen-bond donors (Lipinski definition) is 3. The summed E-state index contributed by atoms with van der Waals surface area (Å²) in [6, 6.07) is 16.2. The van der Waals surface area contributed by atoms with Crippen LogP contribution in [0, 0.1) is 11.8 Å². The number of benzene rings is 2. The maximum absolute atomic E-state index is 12.7. The standard InChI is InChI=1S/C26H30N2O5/c1-26(2,24(31)27-14-16-8-7-13-17(16)23(29)30)28-25(32)33-15-22-20-11-5-3-9-18(20)19-10-4-6-12-21(19)22/h3-6,9-12,16-17,22H,7-8,13-15H2,1-2H3,(H,27,31)(H,28,32)(H,29,30). The van der Waals surface area contributed by atoms with Gasteiger partial charge >= 0.3 is 12.1 Å². The fourth-order valence-electron chi connectivity index (χ4n) is 5.00. The molecule has 2 aromatic rings. The Kier molecular flexibility index (Phi) is 6.40. The number of carboxylic acids is 1. The fourth-order valence-corrected chi connectivity index (χ4v) is 5.00. The van der Waals surface area contributed by atoms with Crippen LogP contribution < -0.4 is 10.6 Å². The largest absolute Gasteiger partial charge is 0.481 e. The minimum absolute atomic E-state index is 0.0598. The summed E-state index contributed by atoms with van der Waals surface area (Å²) in [5.74, 6) is -1.76. The third-order valence-electron chi connectivity index (χ3n) is 6.83. The molecule has 1 fully saturated rings. The summed E-state index contributed by atoms with van der Waals surface area (Å²) in [5.41, 5.74) is 3.34. The summed E-state index contributed by atoms with van der Waals surface area (Å²) >= 11 is 0. The molecule has 2 unspecified atom stereocenters. The molecule has 7 heteroatoms. The maximum Gasteiger partial charge on any atom is 0.408 e. The van der Waals surface area contributed by atoms with Crippen LogP contribution in [-0.2, 0) is 14.3 Å². The molecule has 3 N–H and O–H groups in total. The summed E-state index contributed by atoms with van der Waals surface area (Å²) in [4.78, 5) is 36.6. The van der Waals surface area contributed by atoms with Crippen molar-refractivity contribution in [1.82, 2.24) is 10.6 Å². The minimum atomic E-state index is -1.19. The first-order chi connectivity index (χ1) is 15.8. The van der Waals surface area contributed by atoms with E-state index < -0.39 is 23.5 Å². The highest BCUT2D eigenvalue weighted by Crippen LogP contribution is 2.44. The lowest BCUT2D eigenvalue weighted by molar-refractivity contribution is -0.143. The maximum atomic E-state index is 12.7. The quantitative estimate of drug-likeness (QED) is 0.593. The molecule has 2 aliphatic carbocycles. The van der Waals surface area contributed by atoms with E-state index in [1.54, 1.807) is 13.8 Å². The SMILES string of the molecule is CC(C)(NC(=O)OCC1c2ccccc2-c2ccccc21)C(=O)NCC1CCCC1C(=O)O. The average molecular weight is 451 g/mol.